The molecule has 2 aromatic rings. The number of benzene rings is 1. The van der Waals surface area contributed by atoms with E-state index < -0.39 is 17.3 Å². The Hall–Kier alpha value is -1.65. The molecule has 0 aliphatic carbocycles. The van der Waals surface area contributed by atoms with E-state index in [4.69, 9.17) is 10.00 Å². The van der Waals surface area contributed by atoms with Crippen molar-refractivity contribution in [3.63, 3.8) is 0 Å². The average molecular weight is 356 g/mol. The monoisotopic (exact) mass is 356 g/mol. The van der Waals surface area contributed by atoms with Crippen LogP contribution in [0.5, 0.6) is 0 Å². The van der Waals surface area contributed by atoms with E-state index in [2.05, 4.69) is 0 Å². The Labute approximate surface area is 143 Å². The van der Waals surface area contributed by atoms with Crippen LogP contribution in [0.3, 0.4) is 0 Å². The molecule has 0 bridgehead atoms. The number of halogens is 3. The van der Waals surface area contributed by atoms with Gasteiger partial charge in [0, 0.05) is 30.8 Å². The van der Waals surface area contributed by atoms with Gasteiger partial charge < -0.3 is 9.30 Å². The molecule has 1 aromatic carbocycles. The smallest absolute Gasteiger partial charge is 0.371 e. The van der Waals surface area contributed by atoms with Gasteiger partial charge in [-0.05, 0) is 30.9 Å². The van der Waals surface area contributed by atoms with Crippen LogP contribution in [-0.2, 0) is 23.6 Å². The normalized spacial score (nSPS) is 14.6. The van der Waals surface area contributed by atoms with Gasteiger partial charge in [0.1, 0.15) is 5.60 Å². The van der Waals surface area contributed by atoms with E-state index >= 15 is 0 Å². The topological polar surface area (TPSA) is 37.9 Å². The lowest BCUT2D eigenvalue weighted by Gasteiger charge is -2.28. The fraction of sp³-hybridized carbons (Fsp3) is 0.471. The van der Waals surface area contributed by atoms with Crippen LogP contribution in [0.2, 0.25) is 0 Å². The van der Waals surface area contributed by atoms with Crippen LogP contribution in [-0.4, -0.2) is 23.2 Å². The summed E-state index contributed by atoms with van der Waals surface area (Å²) in [5, 5.41) is 9.65. The molecule has 1 atom stereocenters. The van der Waals surface area contributed by atoms with Gasteiger partial charge in [0.05, 0.1) is 22.9 Å². The first-order valence-corrected chi connectivity index (χ1v) is 8.57. The first-order chi connectivity index (χ1) is 11.2. The van der Waals surface area contributed by atoms with E-state index in [0.717, 1.165) is 17.5 Å². The first kappa shape index (κ1) is 18.7. The average Bonchev–Trinajstić information content (AvgIpc) is 2.87. The molecule has 0 aliphatic heterocycles. The van der Waals surface area contributed by atoms with Gasteiger partial charge in [-0.3, -0.25) is 0 Å². The van der Waals surface area contributed by atoms with Crippen LogP contribution >= 0.6 is 11.8 Å². The third kappa shape index (κ3) is 3.26. The maximum atomic E-state index is 13.2. The Balaban J connectivity index is 2.68. The molecule has 0 saturated carbocycles. The molecule has 1 heterocycles. The number of nitrogens with zero attached hydrogens (tertiary/aromatic N) is 2. The minimum absolute atomic E-state index is 0.366. The minimum atomic E-state index is -4.56. The van der Waals surface area contributed by atoms with Gasteiger partial charge in [-0.25, -0.2) is 0 Å². The van der Waals surface area contributed by atoms with E-state index in [0.29, 0.717) is 16.7 Å². The van der Waals surface area contributed by atoms with Crippen molar-refractivity contribution in [1.29, 1.82) is 5.26 Å². The summed E-state index contributed by atoms with van der Waals surface area (Å²) >= 11 is 1.70. The molecule has 130 valence electrons. The Morgan fingerprint density at radius 3 is 2.46 bits per heavy atom. The van der Waals surface area contributed by atoms with Crippen molar-refractivity contribution < 1.29 is 17.9 Å². The number of methoxy groups -OCH3 is 1. The fourth-order valence-electron chi connectivity index (χ4n) is 2.75. The molecule has 0 saturated heterocycles. The first-order valence-electron chi connectivity index (χ1n) is 7.42. The maximum absolute atomic E-state index is 13.2. The van der Waals surface area contributed by atoms with E-state index in [1.807, 2.05) is 13.8 Å². The van der Waals surface area contributed by atoms with Crippen LogP contribution < -0.4 is 0 Å². The molecular formula is C17H19F3N2OS. The molecule has 0 aliphatic rings. The third-order valence-corrected chi connectivity index (χ3v) is 5.34. The van der Waals surface area contributed by atoms with Crippen LogP contribution in [0.15, 0.2) is 18.2 Å². The zero-order valence-electron chi connectivity index (χ0n) is 14.0. The summed E-state index contributed by atoms with van der Waals surface area (Å²) in [7, 11) is 3.31. The summed E-state index contributed by atoms with van der Waals surface area (Å²) in [6.07, 6.45) is -4.56. The largest absolute Gasteiger partial charge is 0.417 e. The lowest BCUT2D eigenvalue weighted by molar-refractivity contribution is -0.137. The molecule has 0 spiro atoms. The highest BCUT2D eigenvalue weighted by Gasteiger charge is 2.35. The lowest BCUT2D eigenvalue weighted by atomic mass is 10.0. The number of hydrogen-bond donors (Lipinski definition) is 0. The number of thioether (sulfide) groups is 1. The summed E-state index contributed by atoms with van der Waals surface area (Å²) < 4.78 is 46.9. The Kier molecular flexibility index (Phi) is 5.21. The molecular weight excluding hydrogens is 337 g/mol. The van der Waals surface area contributed by atoms with Crippen LogP contribution in [0.4, 0.5) is 13.2 Å². The Morgan fingerprint density at radius 2 is 1.96 bits per heavy atom. The van der Waals surface area contributed by atoms with E-state index in [9.17, 15) is 13.2 Å². The zero-order chi connectivity index (χ0) is 18.1. The van der Waals surface area contributed by atoms with Crippen LogP contribution in [0.25, 0.3) is 10.9 Å². The fourth-order valence-corrected chi connectivity index (χ4v) is 3.61. The van der Waals surface area contributed by atoms with Gasteiger partial charge in [-0.15, -0.1) is 0 Å². The van der Waals surface area contributed by atoms with E-state index in [1.54, 1.807) is 42.6 Å². The number of fused-ring (bicyclic) bond motifs is 1. The number of alkyl halides is 3. The number of hydrogen-bond acceptors (Lipinski definition) is 3. The molecule has 3 nitrogen and oxygen atoms in total. The Morgan fingerprint density at radius 1 is 1.29 bits per heavy atom. The molecule has 0 amide bonds. The van der Waals surface area contributed by atoms with Gasteiger partial charge in [-0.2, -0.15) is 30.2 Å². The summed E-state index contributed by atoms with van der Waals surface area (Å²) in [4.78, 5) is 0. The number of nitriles is 1. The predicted octanol–water partition coefficient (Wildman–Crippen LogP) is 4.68. The van der Waals surface area contributed by atoms with Crippen molar-refractivity contribution in [1.82, 2.24) is 4.57 Å². The molecule has 1 unspecified atom stereocenters. The number of aryl methyl sites for hydroxylation is 1. The second kappa shape index (κ2) is 6.69. The second-order valence-corrected chi connectivity index (χ2v) is 7.00. The summed E-state index contributed by atoms with van der Waals surface area (Å²) in [5.74, 6) is 1.60. The third-order valence-electron chi connectivity index (χ3n) is 4.18. The highest BCUT2D eigenvalue weighted by atomic mass is 32.2. The Bertz CT molecular complexity index is 792. The second-order valence-electron chi connectivity index (χ2n) is 5.73. The highest BCUT2D eigenvalue weighted by molar-refractivity contribution is 7.99. The zero-order valence-corrected chi connectivity index (χ0v) is 14.8. The predicted molar refractivity (Wildman–Crippen MR) is 90.0 cm³/mol. The van der Waals surface area contributed by atoms with Gasteiger partial charge in [0.2, 0.25) is 0 Å². The van der Waals surface area contributed by atoms with Gasteiger partial charge in [-0.1, -0.05) is 6.92 Å². The molecule has 1 aromatic heterocycles. The molecule has 0 radical (unpaired) electrons. The minimum Gasteiger partial charge on any atom is -0.371 e. The number of rotatable bonds is 5. The quantitative estimate of drug-likeness (QED) is 0.780. The highest BCUT2D eigenvalue weighted by Crippen LogP contribution is 2.37. The molecule has 24 heavy (non-hydrogen) atoms. The molecule has 2 rings (SSSR count). The van der Waals surface area contributed by atoms with Crippen molar-refractivity contribution >= 4 is 22.7 Å². The summed E-state index contributed by atoms with van der Waals surface area (Å²) in [6.45, 7) is 3.96. The van der Waals surface area contributed by atoms with Crippen molar-refractivity contribution in [3.05, 3.63) is 35.0 Å². The number of ether oxygens (including phenoxy) is 1. The standard InChI is InChI=1S/C17H19F3N2OS/c1-5-24-10-16(2,23-4)15-7-11-6-12(9-21)13(17(18,19)20)8-14(11)22(15)3/h6-8H,5,10H2,1-4H3. The SMILES string of the molecule is CCSCC(C)(OC)c1cc2cc(C#N)c(C(F)(F)F)cc2n1C. The van der Waals surface area contributed by atoms with Crippen molar-refractivity contribution in [3.8, 4) is 6.07 Å². The van der Waals surface area contributed by atoms with E-state index in [-0.39, 0.29) is 5.56 Å². The van der Waals surface area contributed by atoms with Crippen LogP contribution in [0.1, 0.15) is 30.7 Å². The van der Waals surface area contributed by atoms with Crippen LogP contribution in [0, 0.1) is 11.3 Å². The maximum Gasteiger partial charge on any atom is 0.417 e. The molecule has 0 N–H and O–H groups in total. The van der Waals surface area contributed by atoms with Gasteiger partial charge in [0.25, 0.3) is 0 Å². The van der Waals surface area contributed by atoms with Crippen molar-refractivity contribution in [2.75, 3.05) is 18.6 Å². The lowest BCUT2D eigenvalue weighted by Crippen LogP contribution is -2.30. The summed E-state index contributed by atoms with van der Waals surface area (Å²) in [5.41, 5.74) is -0.689. The van der Waals surface area contributed by atoms with Gasteiger partial charge in [0.15, 0.2) is 0 Å². The van der Waals surface area contributed by atoms with E-state index in [1.165, 1.54) is 6.07 Å². The van der Waals surface area contributed by atoms with Gasteiger partial charge >= 0.3 is 6.18 Å². The molecule has 7 heteroatoms. The summed E-state index contributed by atoms with van der Waals surface area (Å²) in [6, 6.07) is 5.79. The number of aromatic nitrogens is 1. The van der Waals surface area contributed by atoms with Crippen molar-refractivity contribution in [2.24, 2.45) is 7.05 Å². The van der Waals surface area contributed by atoms with Crippen molar-refractivity contribution in [2.45, 2.75) is 25.6 Å². The molecule has 0 fully saturated rings.